The highest BCUT2D eigenvalue weighted by Crippen LogP contribution is 2.27. The standard InChI is InChI=1S/C15H23N3O2S/c1-12-5-6-13(16)10-15(12)21(19,20)18-9-8-17-7-3-2-4-14(17)11-18/h5-6,10,14H,2-4,7-9,11,16H2,1H3. The van der Waals surface area contributed by atoms with Gasteiger partial charge in [0.1, 0.15) is 0 Å². The van der Waals surface area contributed by atoms with Crippen LogP contribution in [0.25, 0.3) is 0 Å². The third-order valence-electron chi connectivity index (χ3n) is 4.63. The summed E-state index contributed by atoms with van der Waals surface area (Å²) in [5.41, 5.74) is 7.02. The number of benzene rings is 1. The number of fused-ring (bicyclic) bond motifs is 1. The molecule has 2 N–H and O–H groups in total. The quantitative estimate of drug-likeness (QED) is 0.840. The summed E-state index contributed by atoms with van der Waals surface area (Å²) in [4.78, 5) is 2.79. The Labute approximate surface area is 126 Å². The highest BCUT2D eigenvalue weighted by atomic mass is 32.2. The number of sulfonamides is 1. The molecule has 6 heteroatoms. The van der Waals surface area contributed by atoms with Gasteiger partial charge >= 0.3 is 0 Å². The van der Waals surface area contributed by atoms with Gasteiger partial charge in [0, 0.05) is 31.4 Å². The minimum absolute atomic E-state index is 0.353. The summed E-state index contributed by atoms with van der Waals surface area (Å²) in [6, 6.07) is 5.48. The first-order valence-electron chi connectivity index (χ1n) is 7.59. The van der Waals surface area contributed by atoms with Crippen LogP contribution in [-0.2, 0) is 10.0 Å². The lowest BCUT2D eigenvalue weighted by molar-refractivity contribution is 0.0851. The third kappa shape index (κ3) is 2.80. The number of nitrogens with two attached hydrogens (primary N) is 1. The largest absolute Gasteiger partial charge is 0.399 e. The van der Waals surface area contributed by atoms with Crippen LogP contribution in [0, 0.1) is 6.92 Å². The maximum atomic E-state index is 12.9. The first-order chi connectivity index (χ1) is 9.98. The molecule has 116 valence electrons. The van der Waals surface area contributed by atoms with Gasteiger partial charge in [-0.15, -0.1) is 0 Å². The predicted octanol–water partition coefficient (Wildman–Crippen LogP) is 1.44. The Morgan fingerprint density at radius 3 is 2.81 bits per heavy atom. The summed E-state index contributed by atoms with van der Waals surface area (Å²) < 4.78 is 27.4. The Balaban J connectivity index is 1.86. The van der Waals surface area contributed by atoms with Crippen molar-refractivity contribution in [2.75, 3.05) is 31.9 Å². The van der Waals surface area contributed by atoms with Crippen molar-refractivity contribution in [2.45, 2.75) is 37.1 Å². The molecule has 0 spiro atoms. The van der Waals surface area contributed by atoms with Gasteiger partial charge in [-0.05, 0) is 44.0 Å². The lowest BCUT2D eigenvalue weighted by Crippen LogP contribution is -2.56. The minimum atomic E-state index is -3.44. The van der Waals surface area contributed by atoms with Crippen LogP contribution in [0.5, 0.6) is 0 Å². The maximum absolute atomic E-state index is 12.9. The van der Waals surface area contributed by atoms with Crippen molar-refractivity contribution in [1.82, 2.24) is 9.21 Å². The zero-order chi connectivity index (χ0) is 15.0. The highest BCUT2D eigenvalue weighted by molar-refractivity contribution is 7.89. The number of nitrogens with zero attached hydrogens (tertiary/aromatic N) is 2. The summed E-state index contributed by atoms with van der Waals surface area (Å²) in [5, 5.41) is 0. The number of rotatable bonds is 2. The second kappa shape index (κ2) is 5.59. The second-order valence-electron chi connectivity index (χ2n) is 6.07. The van der Waals surface area contributed by atoms with E-state index in [2.05, 4.69) is 4.90 Å². The van der Waals surface area contributed by atoms with Crippen LogP contribution in [0.15, 0.2) is 23.1 Å². The van der Waals surface area contributed by atoms with Gasteiger partial charge < -0.3 is 5.73 Å². The molecule has 1 unspecified atom stereocenters. The zero-order valence-electron chi connectivity index (χ0n) is 12.5. The number of piperazine rings is 1. The van der Waals surface area contributed by atoms with Crippen molar-refractivity contribution in [3.8, 4) is 0 Å². The lowest BCUT2D eigenvalue weighted by Gasteiger charge is -2.43. The van der Waals surface area contributed by atoms with E-state index in [0.29, 0.717) is 29.7 Å². The van der Waals surface area contributed by atoms with Gasteiger partial charge in [-0.2, -0.15) is 4.31 Å². The van der Waals surface area contributed by atoms with Crippen molar-refractivity contribution < 1.29 is 8.42 Å². The smallest absolute Gasteiger partial charge is 0.243 e. The molecule has 1 aromatic carbocycles. The van der Waals surface area contributed by atoms with Crippen LogP contribution in [0.1, 0.15) is 24.8 Å². The monoisotopic (exact) mass is 309 g/mol. The Morgan fingerprint density at radius 1 is 1.19 bits per heavy atom. The highest BCUT2D eigenvalue weighted by Gasteiger charge is 2.35. The predicted molar refractivity (Wildman–Crippen MR) is 83.6 cm³/mol. The van der Waals surface area contributed by atoms with E-state index in [9.17, 15) is 8.42 Å². The molecule has 0 aliphatic carbocycles. The molecule has 0 aromatic heterocycles. The molecule has 0 radical (unpaired) electrons. The summed E-state index contributed by atoms with van der Waals surface area (Å²) in [6.45, 7) is 4.95. The molecule has 3 rings (SSSR count). The van der Waals surface area contributed by atoms with Crippen LogP contribution >= 0.6 is 0 Å². The van der Waals surface area contributed by atoms with E-state index >= 15 is 0 Å². The molecule has 1 aromatic rings. The summed E-state index contributed by atoms with van der Waals surface area (Å²) in [6.07, 6.45) is 3.53. The van der Waals surface area contributed by atoms with Crippen LogP contribution in [0.4, 0.5) is 5.69 Å². The Morgan fingerprint density at radius 2 is 2.00 bits per heavy atom. The Kier molecular flexibility index (Phi) is 3.94. The average molecular weight is 309 g/mol. The van der Waals surface area contributed by atoms with E-state index in [0.717, 1.165) is 25.1 Å². The normalized spacial score (nSPS) is 24.7. The topological polar surface area (TPSA) is 66.6 Å². The van der Waals surface area contributed by atoms with Crippen LogP contribution in [-0.4, -0.2) is 49.8 Å². The van der Waals surface area contributed by atoms with E-state index in [4.69, 9.17) is 5.73 Å². The molecule has 0 amide bonds. The van der Waals surface area contributed by atoms with Crippen LogP contribution < -0.4 is 5.73 Å². The SMILES string of the molecule is Cc1ccc(N)cc1S(=O)(=O)N1CCN2CCCCC2C1. The molecule has 2 heterocycles. The molecule has 0 saturated carbocycles. The molecule has 2 aliphatic heterocycles. The third-order valence-corrected chi connectivity index (χ3v) is 6.64. The van der Waals surface area contributed by atoms with Crippen molar-refractivity contribution in [2.24, 2.45) is 0 Å². The van der Waals surface area contributed by atoms with Crippen molar-refractivity contribution in [3.63, 3.8) is 0 Å². The molecular formula is C15H23N3O2S. The van der Waals surface area contributed by atoms with E-state index in [-0.39, 0.29) is 0 Å². The zero-order valence-corrected chi connectivity index (χ0v) is 13.3. The van der Waals surface area contributed by atoms with Gasteiger partial charge in [-0.1, -0.05) is 12.5 Å². The number of nitrogen functional groups attached to an aromatic ring is 1. The molecule has 2 aliphatic rings. The molecule has 2 saturated heterocycles. The van der Waals surface area contributed by atoms with Crippen LogP contribution in [0.3, 0.4) is 0 Å². The molecule has 1 atom stereocenters. The number of aryl methyl sites for hydroxylation is 1. The number of anilines is 1. The Bertz CT molecular complexity index is 630. The van der Waals surface area contributed by atoms with E-state index in [1.54, 1.807) is 22.5 Å². The first kappa shape index (κ1) is 14.8. The van der Waals surface area contributed by atoms with Gasteiger partial charge in [0.15, 0.2) is 0 Å². The van der Waals surface area contributed by atoms with Gasteiger partial charge in [0.2, 0.25) is 10.0 Å². The fourth-order valence-corrected chi connectivity index (χ4v) is 5.11. The number of hydrogen-bond acceptors (Lipinski definition) is 4. The summed E-state index contributed by atoms with van der Waals surface area (Å²) in [7, 11) is -3.44. The Hall–Kier alpha value is -1.11. The molecular weight excluding hydrogens is 286 g/mol. The van der Waals surface area contributed by atoms with E-state index < -0.39 is 10.0 Å². The molecule has 2 fully saturated rings. The van der Waals surface area contributed by atoms with Crippen molar-refractivity contribution >= 4 is 15.7 Å². The van der Waals surface area contributed by atoms with Crippen LogP contribution in [0.2, 0.25) is 0 Å². The number of piperidine rings is 1. The summed E-state index contributed by atoms with van der Waals surface area (Å²) >= 11 is 0. The van der Waals surface area contributed by atoms with Gasteiger partial charge in [-0.3, -0.25) is 4.90 Å². The lowest BCUT2D eigenvalue weighted by atomic mass is 10.0. The van der Waals surface area contributed by atoms with Crippen molar-refractivity contribution in [3.05, 3.63) is 23.8 Å². The number of hydrogen-bond donors (Lipinski definition) is 1. The fraction of sp³-hybridized carbons (Fsp3) is 0.600. The van der Waals surface area contributed by atoms with Gasteiger partial charge in [0.05, 0.1) is 4.90 Å². The van der Waals surface area contributed by atoms with Gasteiger partial charge in [0.25, 0.3) is 0 Å². The summed E-state index contributed by atoms with van der Waals surface area (Å²) in [5.74, 6) is 0. The first-order valence-corrected chi connectivity index (χ1v) is 9.03. The average Bonchev–Trinajstić information content (AvgIpc) is 2.49. The van der Waals surface area contributed by atoms with E-state index in [1.165, 1.54) is 12.8 Å². The molecule has 21 heavy (non-hydrogen) atoms. The maximum Gasteiger partial charge on any atom is 0.243 e. The van der Waals surface area contributed by atoms with E-state index in [1.807, 2.05) is 6.92 Å². The molecule has 5 nitrogen and oxygen atoms in total. The second-order valence-corrected chi connectivity index (χ2v) is 7.98. The van der Waals surface area contributed by atoms with Crippen molar-refractivity contribution in [1.29, 1.82) is 0 Å². The molecule has 0 bridgehead atoms. The minimum Gasteiger partial charge on any atom is -0.399 e. The van der Waals surface area contributed by atoms with Gasteiger partial charge in [-0.25, -0.2) is 8.42 Å². The fourth-order valence-electron chi connectivity index (χ4n) is 3.38.